The van der Waals surface area contributed by atoms with Crippen LogP contribution in [0.15, 0.2) is 47.9 Å². The number of hydrogen-bond acceptors (Lipinski definition) is 4. The number of hydrogen-bond donors (Lipinski definition) is 2. The van der Waals surface area contributed by atoms with Crippen molar-refractivity contribution in [2.75, 3.05) is 6.54 Å². The molecule has 1 aromatic carbocycles. The fourth-order valence-electron chi connectivity index (χ4n) is 1.96. The molecule has 1 amide bonds. The predicted octanol–water partition coefficient (Wildman–Crippen LogP) is 3.40. The zero-order chi connectivity index (χ0) is 16.7. The third-order valence-electron chi connectivity index (χ3n) is 3.05. The first-order valence-corrected chi connectivity index (χ1v) is 8.36. The van der Waals surface area contributed by atoms with E-state index >= 15 is 0 Å². The van der Waals surface area contributed by atoms with E-state index in [-0.39, 0.29) is 18.6 Å². The van der Waals surface area contributed by atoms with Crippen molar-refractivity contribution in [3.05, 3.63) is 58.3 Å². The van der Waals surface area contributed by atoms with E-state index in [1.165, 1.54) is 6.08 Å². The van der Waals surface area contributed by atoms with E-state index in [1.807, 2.05) is 43.5 Å². The maximum Gasteiger partial charge on any atom is 0.244 e. The Hall–Kier alpha value is -2.11. The van der Waals surface area contributed by atoms with Crippen LogP contribution in [-0.4, -0.2) is 23.7 Å². The molecule has 2 rings (SSSR count). The van der Waals surface area contributed by atoms with E-state index in [9.17, 15) is 9.90 Å². The van der Waals surface area contributed by atoms with Crippen molar-refractivity contribution in [3.63, 3.8) is 0 Å². The van der Waals surface area contributed by atoms with Gasteiger partial charge in [0.25, 0.3) is 0 Å². The molecule has 0 aliphatic rings. The number of rotatable bonds is 7. The predicted molar refractivity (Wildman–Crippen MR) is 93.5 cm³/mol. The van der Waals surface area contributed by atoms with Crippen LogP contribution in [0.25, 0.3) is 6.08 Å². The fourth-order valence-corrected chi connectivity index (χ4v) is 2.58. The van der Waals surface area contributed by atoms with E-state index in [0.717, 1.165) is 16.2 Å². The largest absolute Gasteiger partial charge is 0.491 e. The van der Waals surface area contributed by atoms with Crippen LogP contribution in [0.3, 0.4) is 0 Å². The smallest absolute Gasteiger partial charge is 0.244 e. The van der Waals surface area contributed by atoms with Gasteiger partial charge in [-0.15, -0.1) is 11.3 Å². The van der Waals surface area contributed by atoms with Gasteiger partial charge in [0.15, 0.2) is 0 Å². The third kappa shape index (κ3) is 5.88. The number of benzene rings is 1. The lowest BCUT2D eigenvalue weighted by Crippen LogP contribution is -2.26. The molecule has 0 aliphatic heterocycles. The Bertz CT molecular complexity index is 633. The summed E-state index contributed by atoms with van der Waals surface area (Å²) in [5.74, 6) is 0.538. The number of nitrogens with one attached hydrogen (secondary N) is 1. The average molecular weight is 331 g/mol. The molecule has 1 atom stereocenters. The Kier molecular flexibility index (Phi) is 6.38. The second kappa shape index (κ2) is 8.50. The van der Waals surface area contributed by atoms with Gasteiger partial charge in [-0.05, 0) is 49.1 Å². The highest BCUT2D eigenvalue weighted by molar-refractivity contribution is 7.10. The van der Waals surface area contributed by atoms with Crippen LogP contribution in [0.1, 0.15) is 30.4 Å². The molecule has 0 saturated heterocycles. The van der Waals surface area contributed by atoms with Crippen LogP contribution in [0.2, 0.25) is 0 Å². The van der Waals surface area contributed by atoms with E-state index in [0.29, 0.717) is 0 Å². The molecular weight excluding hydrogens is 310 g/mol. The van der Waals surface area contributed by atoms with Crippen molar-refractivity contribution < 1.29 is 14.6 Å². The highest BCUT2D eigenvalue weighted by Crippen LogP contribution is 2.18. The van der Waals surface area contributed by atoms with Crippen molar-refractivity contribution in [2.24, 2.45) is 0 Å². The van der Waals surface area contributed by atoms with E-state index in [2.05, 4.69) is 5.32 Å². The van der Waals surface area contributed by atoms with Gasteiger partial charge < -0.3 is 15.2 Å². The summed E-state index contributed by atoms with van der Waals surface area (Å²) < 4.78 is 5.55. The zero-order valence-electron chi connectivity index (χ0n) is 13.2. The minimum absolute atomic E-state index is 0.111. The maximum absolute atomic E-state index is 11.7. The third-order valence-corrected chi connectivity index (χ3v) is 3.89. The molecule has 0 aliphatic carbocycles. The van der Waals surface area contributed by atoms with Crippen LogP contribution in [0.4, 0.5) is 0 Å². The van der Waals surface area contributed by atoms with Crippen molar-refractivity contribution >= 4 is 23.3 Å². The highest BCUT2D eigenvalue weighted by atomic mass is 32.1. The molecule has 4 nitrogen and oxygen atoms in total. The monoisotopic (exact) mass is 331 g/mol. The summed E-state index contributed by atoms with van der Waals surface area (Å²) in [6.07, 6.45) is 2.59. The molecule has 0 fully saturated rings. The van der Waals surface area contributed by atoms with Crippen molar-refractivity contribution in [3.8, 4) is 5.75 Å². The molecule has 1 heterocycles. The lowest BCUT2D eigenvalue weighted by molar-refractivity contribution is -0.116. The molecule has 0 spiro atoms. The average Bonchev–Trinajstić information content (AvgIpc) is 3.04. The topological polar surface area (TPSA) is 58.6 Å². The van der Waals surface area contributed by atoms with Gasteiger partial charge in [-0.25, -0.2) is 0 Å². The molecule has 1 aromatic heterocycles. The lowest BCUT2D eigenvalue weighted by atomic mass is 10.1. The van der Waals surface area contributed by atoms with Gasteiger partial charge in [-0.2, -0.15) is 0 Å². The Morgan fingerprint density at radius 3 is 2.65 bits per heavy atom. The number of carbonyl (C=O) groups is 1. The molecule has 1 unspecified atom stereocenters. The minimum atomic E-state index is -0.748. The standard InChI is InChI=1S/C18H21NO3S/c1-13(2)22-15-7-5-14(6-8-15)17(20)12-19-18(21)10-9-16-4-3-11-23-16/h3-11,13,17,20H,12H2,1-2H3,(H,19,21)/b10-9+. The number of aliphatic hydroxyl groups excluding tert-OH is 1. The number of thiophene rings is 1. The maximum atomic E-state index is 11.7. The molecule has 23 heavy (non-hydrogen) atoms. The number of carbonyl (C=O) groups excluding carboxylic acids is 1. The Balaban J connectivity index is 1.82. The van der Waals surface area contributed by atoms with Gasteiger partial charge in [0, 0.05) is 17.5 Å². The summed E-state index contributed by atoms with van der Waals surface area (Å²) in [5.41, 5.74) is 0.739. The minimum Gasteiger partial charge on any atom is -0.491 e. The molecule has 0 saturated carbocycles. The van der Waals surface area contributed by atoms with Gasteiger partial charge >= 0.3 is 0 Å². The zero-order valence-corrected chi connectivity index (χ0v) is 14.0. The second-order valence-corrected chi connectivity index (χ2v) is 6.32. The van der Waals surface area contributed by atoms with Crippen LogP contribution in [-0.2, 0) is 4.79 Å². The van der Waals surface area contributed by atoms with Gasteiger partial charge in [0.1, 0.15) is 5.75 Å². The summed E-state index contributed by atoms with van der Waals surface area (Å²) in [5, 5.41) is 14.8. The van der Waals surface area contributed by atoms with Crippen LogP contribution < -0.4 is 10.1 Å². The molecule has 2 aromatic rings. The molecule has 0 bridgehead atoms. The number of amides is 1. The first-order valence-electron chi connectivity index (χ1n) is 7.48. The number of aliphatic hydroxyl groups is 1. The second-order valence-electron chi connectivity index (χ2n) is 5.35. The van der Waals surface area contributed by atoms with Gasteiger partial charge in [0.05, 0.1) is 12.2 Å². The summed E-state index contributed by atoms with van der Waals surface area (Å²) in [7, 11) is 0. The first kappa shape index (κ1) is 17.2. The fraction of sp³-hybridized carbons (Fsp3) is 0.278. The van der Waals surface area contributed by atoms with Crippen molar-refractivity contribution in [1.82, 2.24) is 5.32 Å². The summed E-state index contributed by atoms with van der Waals surface area (Å²) in [4.78, 5) is 12.7. The van der Waals surface area contributed by atoms with E-state index in [4.69, 9.17) is 4.74 Å². The van der Waals surface area contributed by atoms with Crippen LogP contribution >= 0.6 is 11.3 Å². The Morgan fingerprint density at radius 1 is 1.30 bits per heavy atom. The van der Waals surface area contributed by atoms with Gasteiger partial charge in [0.2, 0.25) is 5.91 Å². The van der Waals surface area contributed by atoms with Crippen LogP contribution in [0, 0.1) is 0 Å². The van der Waals surface area contributed by atoms with Gasteiger partial charge in [-0.3, -0.25) is 4.79 Å². The molecule has 2 N–H and O–H groups in total. The lowest BCUT2D eigenvalue weighted by Gasteiger charge is -2.13. The Labute approximate surface area is 140 Å². The van der Waals surface area contributed by atoms with E-state index in [1.54, 1.807) is 29.5 Å². The Morgan fingerprint density at radius 2 is 2.04 bits per heavy atom. The molecule has 5 heteroatoms. The first-order chi connectivity index (χ1) is 11.0. The van der Waals surface area contributed by atoms with E-state index < -0.39 is 6.10 Å². The summed E-state index contributed by atoms with van der Waals surface area (Å²) in [6.45, 7) is 4.09. The molecule has 0 radical (unpaired) electrons. The SMILES string of the molecule is CC(C)Oc1ccc(C(O)CNC(=O)/C=C/c2cccs2)cc1. The highest BCUT2D eigenvalue weighted by Gasteiger charge is 2.09. The van der Waals surface area contributed by atoms with Crippen molar-refractivity contribution in [2.45, 2.75) is 26.1 Å². The summed E-state index contributed by atoms with van der Waals surface area (Å²) in [6, 6.07) is 11.1. The number of ether oxygens (including phenoxy) is 1. The summed E-state index contributed by atoms with van der Waals surface area (Å²) >= 11 is 1.56. The quantitative estimate of drug-likeness (QED) is 0.765. The van der Waals surface area contributed by atoms with Gasteiger partial charge in [-0.1, -0.05) is 18.2 Å². The molecule has 122 valence electrons. The van der Waals surface area contributed by atoms with Crippen LogP contribution in [0.5, 0.6) is 5.75 Å². The van der Waals surface area contributed by atoms with Crippen molar-refractivity contribution in [1.29, 1.82) is 0 Å². The normalized spacial score (nSPS) is 12.5. The molecular formula is C18H21NO3S.